The van der Waals surface area contributed by atoms with Gasteiger partial charge in [0.15, 0.2) is 0 Å². The Kier molecular flexibility index (Phi) is 6.15. The molecular weight excluding hydrogens is 252 g/mol. The number of alkyl halides is 2. The Morgan fingerprint density at radius 1 is 1.37 bits per heavy atom. The number of rotatable bonds is 7. The Balaban J connectivity index is 2.89. The van der Waals surface area contributed by atoms with E-state index in [9.17, 15) is 13.6 Å². The third-order valence-corrected chi connectivity index (χ3v) is 2.51. The monoisotopic (exact) mass is 269 g/mol. The quantitative estimate of drug-likeness (QED) is 0.611. The highest BCUT2D eigenvalue weighted by molar-refractivity contribution is 5.77. The van der Waals surface area contributed by atoms with Crippen molar-refractivity contribution in [2.45, 2.75) is 19.4 Å². The molecule has 1 rings (SSSR count). The maximum absolute atomic E-state index is 12.5. The van der Waals surface area contributed by atoms with Gasteiger partial charge in [-0.15, -0.1) is 6.58 Å². The van der Waals surface area contributed by atoms with Gasteiger partial charge in [0.05, 0.1) is 6.61 Å². The van der Waals surface area contributed by atoms with Crippen molar-refractivity contribution in [2.24, 2.45) is 0 Å². The minimum absolute atomic E-state index is 0.0740. The molecule has 3 nitrogen and oxygen atoms in total. The van der Waals surface area contributed by atoms with Crippen LogP contribution in [0.1, 0.15) is 30.5 Å². The second-order valence-electron chi connectivity index (χ2n) is 3.85. The second-order valence-corrected chi connectivity index (χ2v) is 3.85. The van der Waals surface area contributed by atoms with E-state index in [4.69, 9.17) is 4.74 Å². The number of hydrogen-bond donors (Lipinski definition) is 1. The fourth-order valence-corrected chi connectivity index (χ4v) is 1.60. The van der Waals surface area contributed by atoms with Gasteiger partial charge in [0.2, 0.25) is 0 Å². The summed E-state index contributed by atoms with van der Waals surface area (Å²) in [5.41, 5.74) is 0.514. The van der Waals surface area contributed by atoms with Gasteiger partial charge in [-0.25, -0.2) is 13.6 Å². The van der Waals surface area contributed by atoms with E-state index in [2.05, 4.69) is 11.9 Å². The minimum Gasteiger partial charge on any atom is -0.465 e. The lowest BCUT2D eigenvalue weighted by Gasteiger charge is -2.17. The van der Waals surface area contributed by atoms with Crippen molar-refractivity contribution in [3.05, 3.63) is 48.0 Å². The van der Waals surface area contributed by atoms with Crippen LogP contribution in [0.2, 0.25) is 0 Å². The molecule has 1 N–H and O–H groups in total. The van der Waals surface area contributed by atoms with Crippen molar-refractivity contribution in [3.63, 3.8) is 0 Å². The van der Waals surface area contributed by atoms with Crippen LogP contribution in [-0.2, 0) is 9.53 Å². The zero-order valence-corrected chi connectivity index (χ0v) is 10.7. The standard InChI is InChI=1S/C14H17F2NO2/c1-3-9-17-12(14(18)19-4-2)10-5-7-11(8-6-10)13(15)16/h3,5-8,12-13,17H,1,4,9H2,2H3. The van der Waals surface area contributed by atoms with Crippen LogP contribution in [0.25, 0.3) is 0 Å². The lowest BCUT2D eigenvalue weighted by atomic mass is 10.0. The molecule has 1 aromatic carbocycles. The summed E-state index contributed by atoms with van der Waals surface area (Å²) in [5, 5.41) is 2.94. The molecule has 1 unspecified atom stereocenters. The van der Waals surface area contributed by atoms with Crippen molar-refractivity contribution in [1.29, 1.82) is 0 Å². The number of benzene rings is 1. The molecule has 19 heavy (non-hydrogen) atoms. The zero-order chi connectivity index (χ0) is 14.3. The number of hydrogen-bond acceptors (Lipinski definition) is 3. The molecule has 0 amide bonds. The Hall–Kier alpha value is -1.75. The SMILES string of the molecule is C=CCNC(C(=O)OCC)c1ccc(C(F)F)cc1. The molecule has 1 atom stereocenters. The number of carbonyl (C=O) groups is 1. The van der Waals surface area contributed by atoms with E-state index < -0.39 is 18.4 Å². The maximum Gasteiger partial charge on any atom is 0.327 e. The van der Waals surface area contributed by atoms with Crippen molar-refractivity contribution in [1.82, 2.24) is 5.32 Å². The van der Waals surface area contributed by atoms with Crippen molar-refractivity contribution < 1.29 is 18.3 Å². The van der Waals surface area contributed by atoms with Gasteiger partial charge in [-0.05, 0) is 12.5 Å². The topological polar surface area (TPSA) is 38.3 Å². The average Bonchev–Trinajstić information content (AvgIpc) is 2.40. The molecule has 5 heteroatoms. The summed E-state index contributed by atoms with van der Waals surface area (Å²) in [5.74, 6) is -0.436. The first-order chi connectivity index (χ1) is 9.10. The molecule has 0 aliphatic carbocycles. The summed E-state index contributed by atoms with van der Waals surface area (Å²) in [4.78, 5) is 11.8. The van der Waals surface area contributed by atoms with Crippen LogP contribution >= 0.6 is 0 Å². The smallest absolute Gasteiger partial charge is 0.327 e. The van der Waals surface area contributed by atoms with E-state index >= 15 is 0 Å². The predicted molar refractivity (Wildman–Crippen MR) is 69.0 cm³/mol. The first-order valence-electron chi connectivity index (χ1n) is 5.99. The van der Waals surface area contributed by atoms with Crippen LogP contribution in [0.3, 0.4) is 0 Å². The predicted octanol–water partition coefficient (Wildman–Crippen LogP) is 3.00. The second kappa shape index (κ2) is 7.63. The van der Waals surface area contributed by atoms with Crippen LogP contribution < -0.4 is 5.32 Å². The Bertz CT molecular complexity index is 418. The highest BCUT2D eigenvalue weighted by atomic mass is 19.3. The highest BCUT2D eigenvalue weighted by Gasteiger charge is 2.21. The minimum atomic E-state index is -2.52. The van der Waals surface area contributed by atoms with Gasteiger partial charge in [-0.3, -0.25) is 5.32 Å². The van der Waals surface area contributed by atoms with Gasteiger partial charge < -0.3 is 4.74 Å². The van der Waals surface area contributed by atoms with Crippen molar-refractivity contribution >= 4 is 5.97 Å². The molecule has 0 spiro atoms. The fourth-order valence-electron chi connectivity index (χ4n) is 1.60. The van der Waals surface area contributed by atoms with E-state index in [0.29, 0.717) is 12.1 Å². The average molecular weight is 269 g/mol. The van der Waals surface area contributed by atoms with Crippen LogP contribution in [0.15, 0.2) is 36.9 Å². The fraction of sp³-hybridized carbons (Fsp3) is 0.357. The molecule has 0 aliphatic heterocycles. The molecule has 0 bridgehead atoms. The van der Waals surface area contributed by atoms with Gasteiger partial charge in [-0.1, -0.05) is 30.3 Å². The molecule has 0 radical (unpaired) electrons. The van der Waals surface area contributed by atoms with Crippen molar-refractivity contribution in [2.75, 3.05) is 13.2 Å². The van der Waals surface area contributed by atoms with E-state index in [-0.39, 0.29) is 12.2 Å². The number of nitrogens with one attached hydrogen (secondary N) is 1. The normalized spacial score (nSPS) is 12.2. The summed E-state index contributed by atoms with van der Waals surface area (Å²) in [6.45, 7) is 5.95. The number of ether oxygens (including phenoxy) is 1. The van der Waals surface area contributed by atoms with E-state index in [1.165, 1.54) is 24.3 Å². The van der Waals surface area contributed by atoms with Crippen LogP contribution in [0.5, 0.6) is 0 Å². The van der Waals surface area contributed by atoms with Gasteiger partial charge in [0.1, 0.15) is 6.04 Å². The molecule has 0 saturated heterocycles. The lowest BCUT2D eigenvalue weighted by Crippen LogP contribution is -2.30. The maximum atomic E-state index is 12.5. The summed E-state index contributed by atoms with van der Waals surface area (Å²) < 4.78 is 29.9. The first-order valence-corrected chi connectivity index (χ1v) is 5.99. The van der Waals surface area contributed by atoms with Crippen LogP contribution in [0.4, 0.5) is 8.78 Å². The summed E-state index contributed by atoms with van der Waals surface area (Å²) >= 11 is 0. The molecule has 0 heterocycles. The summed E-state index contributed by atoms with van der Waals surface area (Å²) in [7, 11) is 0. The first kappa shape index (κ1) is 15.3. The zero-order valence-electron chi connectivity index (χ0n) is 10.7. The molecule has 0 saturated carbocycles. The van der Waals surface area contributed by atoms with Crippen LogP contribution in [-0.4, -0.2) is 19.1 Å². The van der Waals surface area contributed by atoms with Gasteiger partial charge in [0.25, 0.3) is 6.43 Å². The van der Waals surface area contributed by atoms with Gasteiger partial charge >= 0.3 is 5.97 Å². The van der Waals surface area contributed by atoms with E-state index in [1.54, 1.807) is 13.0 Å². The Morgan fingerprint density at radius 2 is 1.95 bits per heavy atom. The van der Waals surface area contributed by atoms with E-state index in [1.807, 2.05) is 0 Å². The molecule has 1 aromatic rings. The van der Waals surface area contributed by atoms with Crippen LogP contribution in [0, 0.1) is 0 Å². The Morgan fingerprint density at radius 3 is 2.42 bits per heavy atom. The molecular formula is C14H17F2NO2. The van der Waals surface area contributed by atoms with Gasteiger partial charge in [-0.2, -0.15) is 0 Å². The summed E-state index contributed by atoms with van der Waals surface area (Å²) in [6.07, 6.45) is -0.907. The van der Waals surface area contributed by atoms with Crippen molar-refractivity contribution in [3.8, 4) is 0 Å². The lowest BCUT2D eigenvalue weighted by molar-refractivity contribution is -0.145. The third kappa shape index (κ3) is 4.44. The Labute approximate surface area is 111 Å². The number of halogens is 2. The number of carbonyl (C=O) groups excluding carboxylic acids is 1. The molecule has 0 fully saturated rings. The molecule has 104 valence electrons. The molecule has 0 aromatic heterocycles. The summed E-state index contributed by atoms with van der Waals surface area (Å²) in [6, 6.07) is 4.94. The molecule has 0 aliphatic rings. The van der Waals surface area contributed by atoms with E-state index in [0.717, 1.165) is 0 Å². The third-order valence-electron chi connectivity index (χ3n) is 2.51. The number of esters is 1. The highest BCUT2D eigenvalue weighted by Crippen LogP contribution is 2.22. The van der Waals surface area contributed by atoms with Gasteiger partial charge in [0, 0.05) is 12.1 Å². The largest absolute Gasteiger partial charge is 0.465 e.